The molecule has 4 nitrogen and oxygen atoms in total. The first-order valence-electron chi connectivity index (χ1n) is 5.49. The molecule has 1 aliphatic rings. The smallest absolute Gasteiger partial charge is 0.334 e. The van der Waals surface area contributed by atoms with E-state index in [-0.39, 0.29) is 18.0 Å². The van der Waals surface area contributed by atoms with Crippen LogP contribution in [0.3, 0.4) is 0 Å². The van der Waals surface area contributed by atoms with Crippen LogP contribution in [-0.4, -0.2) is 15.9 Å². The molecule has 1 aromatic heterocycles. The van der Waals surface area contributed by atoms with Gasteiger partial charge in [0.15, 0.2) is 0 Å². The molecule has 7 heteroatoms. The van der Waals surface area contributed by atoms with Crippen molar-refractivity contribution in [3.8, 4) is 11.3 Å². The molecule has 2 heterocycles. The lowest BCUT2D eigenvalue weighted by Gasteiger charge is -2.03. The maximum atomic E-state index is 12.4. The Labute approximate surface area is 105 Å². The van der Waals surface area contributed by atoms with Gasteiger partial charge < -0.3 is 10.3 Å². The topological polar surface area (TPSA) is 57.8 Å². The van der Waals surface area contributed by atoms with Crippen molar-refractivity contribution in [2.75, 3.05) is 5.32 Å². The number of H-pyrrole nitrogens is 1. The highest BCUT2D eigenvalue weighted by molar-refractivity contribution is 5.99. The van der Waals surface area contributed by atoms with Crippen LogP contribution in [0.15, 0.2) is 24.4 Å². The number of anilines is 1. The van der Waals surface area contributed by atoms with Crippen molar-refractivity contribution in [1.29, 1.82) is 0 Å². The van der Waals surface area contributed by atoms with Crippen molar-refractivity contribution >= 4 is 11.6 Å². The fourth-order valence-corrected chi connectivity index (χ4v) is 2.01. The molecule has 0 spiro atoms. The first kappa shape index (κ1) is 11.8. The monoisotopic (exact) mass is 267 g/mol. The lowest BCUT2D eigenvalue weighted by Crippen LogP contribution is -2.07. The predicted octanol–water partition coefficient (Wildman–Crippen LogP) is 2.59. The Kier molecular flexibility index (Phi) is 2.38. The van der Waals surface area contributed by atoms with Crippen molar-refractivity contribution in [3.63, 3.8) is 0 Å². The second-order valence-corrected chi connectivity index (χ2v) is 4.24. The molecule has 1 amide bonds. The van der Waals surface area contributed by atoms with Crippen molar-refractivity contribution in [2.45, 2.75) is 12.6 Å². The highest BCUT2D eigenvalue weighted by atomic mass is 19.4. The summed E-state index contributed by atoms with van der Waals surface area (Å²) in [6.45, 7) is 0. The van der Waals surface area contributed by atoms with Crippen LogP contribution in [0.4, 0.5) is 18.9 Å². The van der Waals surface area contributed by atoms with Gasteiger partial charge in [0, 0.05) is 5.69 Å². The van der Waals surface area contributed by atoms with Gasteiger partial charge in [-0.2, -0.15) is 13.2 Å². The summed E-state index contributed by atoms with van der Waals surface area (Å²) >= 11 is 0. The Morgan fingerprint density at radius 3 is 2.74 bits per heavy atom. The number of aromatic amines is 1. The van der Waals surface area contributed by atoms with Crippen molar-refractivity contribution in [3.05, 3.63) is 35.8 Å². The normalized spacial score (nSPS) is 14.4. The van der Waals surface area contributed by atoms with Gasteiger partial charge in [-0.1, -0.05) is 6.07 Å². The lowest BCUT2D eigenvalue weighted by atomic mass is 10.1. The average molecular weight is 267 g/mol. The molecule has 0 bridgehead atoms. The average Bonchev–Trinajstić information content (AvgIpc) is 2.90. The zero-order valence-electron chi connectivity index (χ0n) is 9.51. The number of rotatable bonds is 1. The van der Waals surface area contributed by atoms with E-state index in [4.69, 9.17) is 0 Å². The molecule has 0 unspecified atom stereocenters. The second kappa shape index (κ2) is 3.84. The molecule has 0 saturated heterocycles. The summed E-state index contributed by atoms with van der Waals surface area (Å²) in [7, 11) is 0. The standard InChI is InChI=1S/C12H8F3N3O/c13-12(14,15)11-16-5-9(18-11)6-1-2-8-7(3-6)4-10(19)17-8/h1-3,5H,4H2,(H,16,18)(H,17,19). The number of nitrogens with one attached hydrogen (secondary N) is 2. The first-order valence-corrected chi connectivity index (χ1v) is 5.49. The van der Waals surface area contributed by atoms with E-state index in [1.165, 1.54) is 0 Å². The minimum absolute atomic E-state index is 0.118. The Morgan fingerprint density at radius 2 is 2.05 bits per heavy atom. The molecule has 0 radical (unpaired) electrons. The third kappa shape index (κ3) is 2.07. The maximum absolute atomic E-state index is 12.4. The van der Waals surface area contributed by atoms with Gasteiger partial charge in [-0.15, -0.1) is 0 Å². The van der Waals surface area contributed by atoms with Crippen LogP contribution in [0.1, 0.15) is 11.4 Å². The summed E-state index contributed by atoms with van der Waals surface area (Å²) in [4.78, 5) is 16.7. The van der Waals surface area contributed by atoms with Gasteiger partial charge >= 0.3 is 6.18 Å². The van der Waals surface area contributed by atoms with Crippen molar-refractivity contribution in [1.82, 2.24) is 9.97 Å². The minimum Gasteiger partial charge on any atom is -0.334 e. The van der Waals surface area contributed by atoms with Crippen LogP contribution in [0.5, 0.6) is 0 Å². The lowest BCUT2D eigenvalue weighted by molar-refractivity contribution is -0.144. The molecule has 3 rings (SSSR count). The van der Waals surface area contributed by atoms with E-state index >= 15 is 0 Å². The zero-order chi connectivity index (χ0) is 13.6. The molecule has 2 N–H and O–H groups in total. The zero-order valence-corrected chi connectivity index (χ0v) is 9.51. The van der Waals surface area contributed by atoms with E-state index in [9.17, 15) is 18.0 Å². The summed E-state index contributed by atoms with van der Waals surface area (Å²) in [5.41, 5.74) is 2.31. The highest BCUT2D eigenvalue weighted by Crippen LogP contribution is 2.31. The summed E-state index contributed by atoms with van der Waals surface area (Å²) in [5.74, 6) is -1.15. The van der Waals surface area contributed by atoms with Gasteiger partial charge in [-0.25, -0.2) is 4.98 Å². The second-order valence-electron chi connectivity index (χ2n) is 4.24. The minimum atomic E-state index is -4.49. The molecule has 0 fully saturated rings. The molecule has 1 aromatic carbocycles. The molecule has 0 atom stereocenters. The summed E-state index contributed by atoms with van der Waals surface area (Å²) in [5, 5.41) is 2.66. The SMILES string of the molecule is O=C1Cc2cc(-c3cnc(C(F)(F)F)[nH]3)ccc2N1. The van der Waals surface area contributed by atoms with E-state index in [1.54, 1.807) is 18.2 Å². The fraction of sp³-hybridized carbons (Fsp3) is 0.167. The Morgan fingerprint density at radius 1 is 1.26 bits per heavy atom. The number of alkyl halides is 3. The summed E-state index contributed by atoms with van der Waals surface area (Å²) < 4.78 is 37.3. The van der Waals surface area contributed by atoms with Crippen LogP contribution in [0.2, 0.25) is 0 Å². The summed E-state index contributed by atoms with van der Waals surface area (Å²) in [6.07, 6.45) is -3.12. The Balaban J connectivity index is 1.97. The fourth-order valence-electron chi connectivity index (χ4n) is 2.01. The molecule has 0 aliphatic carbocycles. The number of amides is 1. The first-order chi connectivity index (χ1) is 8.93. The number of hydrogen-bond acceptors (Lipinski definition) is 2. The molecule has 1 aliphatic heterocycles. The summed E-state index contributed by atoms with van der Waals surface area (Å²) in [6, 6.07) is 4.99. The highest BCUT2D eigenvalue weighted by Gasteiger charge is 2.34. The number of aromatic nitrogens is 2. The van der Waals surface area contributed by atoms with Gasteiger partial charge in [0.05, 0.1) is 18.3 Å². The quantitative estimate of drug-likeness (QED) is 0.834. The van der Waals surface area contributed by atoms with E-state index in [1.807, 2.05) is 0 Å². The van der Waals surface area contributed by atoms with Crippen LogP contribution in [0.25, 0.3) is 11.3 Å². The van der Waals surface area contributed by atoms with Gasteiger partial charge in [0.1, 0.15) is 0 Å². The number of carbonyl (C=O) groups excluding carboxylic acids is 1. The van der Waals surface area contributed by atoms with Gasteiger partial charge in [0.25, 0.3) is 0 Å². The molecule has 2 aromatic rings. The van der Waals surface area contributed by atoms with Crippen LogP contribution in [0, 0.1) is 0 Å². The van der Waals surface area contributed by atoms with E-state index < -0.39 is 12.0 Å². The third-order valence-corrected chi connectivity index (χ3v) is 2.89. The van der Waals surface area contributed by atoms with Crippen LogP contribution < -0.4 is 5.32 Å². The maximum Gasteiger partial charge on any atom is 0.449 e. The number of benzene rings is 1. The number of nitrogens with zero attached hydrogens (tertiary/aromatic N) is 1. The number of halogens is 3. The van der Waals surface area contributed by atoms with E-state index in [2.05, 4.69) is 15.3 Å². The third-order valence-electron chi connectivity index (χ3n) is 2.89. The number of fused-ring (bicyclic) bond motifs is 1. The van der Waals surface area contributed by atoms with Crippen LogP contribution >= 0.6 is 0 Å². The Hall–Kier alpha value is -2.31. The molecule has 0 saturated carbocycles. The van der Waals surface area contributed by atoms with Crippen LogP contribution in [-0.2, 0) is 17.4 Å². The van der Waals surface area contributed by atoms with Gasteiger partial charge in [-0.3, -0.25) is 4.79 Å². The number of imidazole rings is 1. The van der Waals surface area contributed by atoms with E-state index in [0.29, 0.717) is 11.3 Å². The van der Waals surface area contributed by atoms with Gasteiger partial charge in [-0.05, 0) is 23.3 Å². The van der Waals surface area contributed by atoms with E-state index in [0.717, 1.165) is 11.8 Å². The number of hydrogen-bond donors (Lipinski definition) is 2. The molecule has 19 heavy (non-hydrogen) atoms. The Bertz CT molecular complexity index is 660. The molecule has 98 valence electrons. The van der Waals surface area contributed by atoms with Gasteiger partial charge in [0.2, 0.25) is 11.7 Å². The largest absolute Gasteiger partial charge is 0.449 e. The predicted molar refractivity (Wildman–Crippen MR) is 61.4 cm³/mol. The number of carbonyl (C=O) groups is 1. The molecular weight excluding hydrogens is 259 g/mol. The molecular formula is C12H8F3N3O. The van der Waals surface area contributed by atoms with Crippen molar-refractivity contribution in [2.24, 2.45) is 0 Å². The van der Waals surface area contributed by atoms with Crippen molar-refractivity contribution < 1.29 is 18.0 Å².